The SMILES string of the molecule is CC(=O)N1CCC(C(=O)N2CCCC(Oc3ncccn3)C2)CC1. The molecule has 2 amide bonds. The Morgan fingerprint density at radius 2 is 1.79 bits per heavy atom. The summed E-state index contributed by atoms with van der Waals surface area (Å²) >= 11 is 0. The Bertz CT molecular complexity index is 572. The van der Waals surface area contributed by atoms with Crippen molar-refractivity contribution in [1.82, 2.24) is 19.8 Å². The zero-order chi connectivity index (χ0) is 16.9. The van der Waals surface area contributed by atoms with Crippen molar-refractivity contribution in [3.05, 3.63) is 18.5 Å². The van der Waals surface area contributed by atoms with E-state index >= 15 is 0 Å². The lowest BCUT2D eigenvalue weighted by Crippen LogP contribution is -2.49. The van der Waals surface area contributed by atoms with E-state index in [0.29, 0.717) is 25.6 Å². The van der Waals surface area contributed by atoms with Crippen molar-refractivity contribution in [1.29, 1.82) is 0 Å². The van der Waals surface area contributed by atoms with Gasteiger partial charge in [-0.1, -0.05) is 0 Å². The number of hydrogen-bond donors (Lipinski definition) is 0. The zero-order valence-electron chi connectivity index (χ0n) is 14.1. The number of hydrogen-bond acceptors (Lipinski definition) is 5. The van der Waals surface area contributed by atoms with E-state index in [4.69, 9.17) is 4.74 Å². The Kier molecular flexibility index (Phi) is 5.27. The minimum atomic E-state index is -0.0533. The van der Waals surface area contributed by atoms with E-state index in [2.05, 4.69) is 9.97 Å². The highest BCUT2D eigenvalue weighted by Crippen LogP contribution is 2.23. The highest BCUT2D eigenvalue weighted by Gasteiger charge is 2.32. The molecule has 2 aliphatic rings. The highest BCUT2D eigenvalue weighted by atomic mass is 16.5. The summed E-state index contributed by atoms with van der Waals surface area (Å²) in [4.78, 5) is 36.1. The number of carbonyl (C=O) groups excluding carboxylic acids is 2. The molecular formula is C17H24N4O3. The molecule has 0 aromatic carbocycles. The topological polar surface area (TPSA) is 75.6 Å². The summed E-state index contributed by atoms with van der Waals surface area (Å²) in [5.74, 6) is 0.308. The molecule has 1 atom stereocenters. The van der Waals surface area contributed by atoms with Crippen LogP contribution in [0.4, 0.5) is 0 Å². The first-order valence-corrected chi connectivity index (χ1v) is 8.61. The summed E-state index contributed by atoms with van der Waals surface area (Å²) in [6.07, 6.45) is 6.58. The Labute approximate surface area is 142 Å². The van der Waals surface area contributed by atoms with Crippen molar-refractivity contribution in [3.63, 3.8) is 0 Å². The monoisotopic (exact) mass is 332 g/mol. The van der Waals surface area contributed by atoms with Crippen LogP contribution in [-0.4, -0.2) is 63.9 Å². The van der Waals surface area contributed by atoms with Crippen LogP contribution in [0.1, 0.15) is 32.6 Å². The van der Waals surface area contributed by atoms with Crippen molar-refractivity contribution < 1.29 is 14.3 Å². The van der Waals surface area contributed by atoms with Gasteiger partial charge in [0, 0.05) is 44.9 Å². The first kappa shape index (κ1) is 16.7. The van der Waals surface area contributed by atoms with Gasteiger partial charge >= 0.3 is 6.01 Å². The molecule has 2 fully saturated rings. The third kappa shape index (κ3) is 4.01. The average Bonchev–Trinajstić information content (AvgIpc) is 2.62. The van der Waals surface area contributed by atoms with E-state index in [1.807, 2.05) is 9.80 Å². The van der Waals surface area contributed by atoms with Crippen molar-refractivity contribution in [2.75, 3.05) is 26.2 Å². The lowest BCUT2D eigenvalue weighted by atomic mass is 9.94. The highest BCUT2D eigenvalue weighted by molar-refractivity contribution is 5.80. The molecule has 0 bridgehead atoms. The summed E-state index contributed by atoms with van der Waals surface area (Å²) in [6, 6.07) is 2.11. The van der Waals surface area contributed by atoms with E-state index in [-0.39, 0.29) is 23.8 Å². The van der Waals surface area contributed by atoms with Crippen LogP contribution in [0.5, 0.6) is 6.01 Å². The maximum atomic E-state index is 12.8. The van der Waals surface area contributed by atoms with Gasteiger partial charge in [-0.25, -0.2) is 9.97 Å². The van der Waals surface area contributed by atoms with Gasteiger partial charge in [-0.2, -0.15) is 0 Å². The molecule has 0 spiro atoms. The predicted octanol–water partition coefficient (Wildman–Crippen LogP) is 1.10. The van der Waals surface area contributed by atoms with Crippen LogP contribution in [0.15, 0.2) is 18.5 Å². The molecule has 2 saturated heterocycles. The van der Waals surface area contributed by atoms with Crippen LogP contribution in [0.2, 0.25) is 0 Å². The van der Waals surface area contributed by atoms with Crippen molar-refractivity contribution >= 4 is 11.8 Å². The van der Waals surface area contributed by atoms with E-state index in [0.717, 1.165) is 32.2 Å². The Balaban J connectivity index is 1.53. The maximum absolute atomic E-state index is 12.8. The second kappa shape index (κ2) is 7.59. The molecule has 1 aromatic heterocycles. The third-order valence-corrected chi connectivity index (χ3v) is 4.79. The van der Waals surface area contributed by atoms with Gasteiger partial charge in [-0.15, -0.1) is 0 Å². The van der Waals surface area contributed by atoms with Gasteiger partial charge in [0.15, 0.2) is 0 Å². The van der Waals surface area contributed by atoms with Crippen LogP contribution >= 0.6 is 0 Å². The minimum absolute atomic E-state index is 0.0207. The molecule has 0 N–H and O–H groups in total. The fourth-order valence-electron chi connectivity index (χ4n) is 3.43. The van der Waals surface area contributed by atoms with E-state index in [1.165, 1.54) is 0 Å². The number of ether oxygens (including phenoxy) is 1. The van der Waals surface area contributed by atoms with Crippen LogP contribution in [-0.2, 0) is 9.59 Å². The Morgan fingerprint density at radius 1 is 1.08 bits per heavy atom. The lowest BCUT2D eigenvalue weighted by molar-refractivity contribution is -0.142. The van der Waals surface area contributed by atoms with Crippen LogP contribution in [0, 0.1) is 5.92 Å². The van der Waals surface area contributed by atoms with Gasteiger partial charge in [0.2, 0.25) is 11.8 Å². The zero-order valence-corrected chi connectivity index (χ0v) is 14.1. The molecule has 3 rings (SSSR count). The number of nitrogens with zero attached hydrogens (tertiary/aromatic N) is 4. The van der Waals surface area contributed by atoms with Crippen molar-refractivity contribution in [2.24, 2.45) is 5.92 Å². The Hall–Kier alpha value is -2.18. The van der Waals surface area contributed by atoms with Crippen LogP contribution in [0.25, 0.3) is 0 Å². The van der Waals surface area contributed by atoms with Crippen molar-refractivity contribution in [2.45, 2.75) is 38.7 Å². The molecule has 0 radical (unpaired) electrons. The fourth-order valence-corrected chi connectivity index (χ4v) is 3.43. The molecular weight excluding hydrogens is 308 g/mol. The smallest absolute Gasteiger partial charge is 0.316 e. The van der Waals surface area contributed by atoms with Gasteiger partial charge in [0.25, 0.3) is 0 Å². The molecule has 1 aromatic rings. The van der Waals surface area contributed by atoms with Gasteiger partial charge in [0.05, 0.1) is 6.54 Å². The normalized spacial score (nSPS) is 22.3. The molecule has 0 saturated carbocycles. The second-order valence-electron chi connectivity index (χ2n) is 6.48. The summed E-state index contributed by atoms with van der Waals surface area (Å²) in [5, 5.41) is 0. The Morgan fingerprint density at radius 3 is 2.46 bits per heavy atom. The van der Waals surface area contributed by atoms with Gasteiger partial charge in [-0.3, -0.25) is 9.59 Å². The van der Waals surface area contributed by atoms with Crippen LogP contribution in [0.3, 0.4) is 0 Å². The third-order valence-electron chi connectivity index (χ3n) is 4.79. The van der Waals surface area contributed by atoms with Gasteiger partial charge < -0.3 is 14.5 Å². The number of aromatic nitrogens is 2. The predicted molar refractivity (Wildman–Crippen MR) is 87.2 cm³/mol. The largest absolute Gasteiger partial charge is 0.458 e. The molecule has 7 nitrogen and oxygen atoms in total. The van der Waals surface area contributed by atoms with Gasteiger partial charge in [-0.05, 0) is 31.7 Å². The number of likely N-dealkylation sites (tertiary alicyclic amines) is 2. The fraction of sp³-hybridized carbons (Fsp3) is 0.647. The lowest BCUT2D eigenvalue weighted by Gasteiger charge is -2.37. The van der Waals surface area contributed by atoms with Crippen molar-refractivity contribution in [3.8, 4) is 6.01 Å². The summed E-state index contributed by atoms with van der Waals surface area (Å²) in [6.45, 7) is 4.31. The molecule has 1 unspecified atom stereocenters. The standard InChI is InChI=1S/C17H24N4O3/c1-13(22)20-10-5-14(6-11-20)16(23)21-9-2-4-15(12-21)24-17-18-7-3-8-19-17/h3,7-8,14-15H,2,4-6,9-12H2,1H3. The quantitative estimate of drug-likeness (QED) is 0.829. The van der Waals surface area contributed by atoms with Gasteiger partial charge in [0.1, 0.15) is 6.10 Å². The first-order valence-electron chi connectivity index (χ1n) is 8.61. The molecule has 3 heterocycles. The van der Waals surface area contributed by atoms with E-state index in [9.17, 15) is 9.59 Å². The minimum Gasteiger partial charge on any atom is -0.458 e. The maximum Gasteiger partial charge on any atom is 0.316 e. The summed E-state index contributed by atoms with van der Waals surface area (Å²) in [7, 11) is 0. The second-order valence-corrected chi connectivity index (χ2v) is 6.48. The van der Waals surface area contributed by atoms with E-state index in [1.54, 1.807) is 25.4 Å². The van der Waals surface area contributed by atoms with E-state index < -0.39 is 0 Å². The molecule has 0 aliphatic carbocycles. The molecule has 130 valence electrons. The number of rotatable bonds is 3. The molecule has 24 heavy (non-hydrogen) atoms. The average molecular weight is 332 g/mol. The summed E-state index contributed by atoms with van der Waals surface area (Å²) < 4.78 is 5.80. The molecule has 7 heteroatoms. The van der Waals surface area contributed by atoms with Crippen LogP contribution < -0.4 is 4.74 Å². The number of carbonyl (C=O) groups is 2. The summed E-state index contributed by atoms with van der Waals surface area (Å²) in [5.41, 5.74) is 0. The first-order chi connectivity index (χ1) is 11.6. The number of piperidine rings is 2. The molecule has 2 aliphatic heterocycles. The number of amides is 2.